The van der Waals surface area contributed by atoms with Crippen molar-refractivity contribution < 1.29 is 9.47 Å². The van der Waals surface area contributed by atoms with E-state index >= 15 is 0 Å². The van der Waals surface area contributed by atoms with Gasteiger partial charge in [0.2, 0.25) is 0 Å². The highest BCUT2D eigenvalue weighted by Crippen LogP contribution is 2.32. The molecule has 3 rings (SSSR count). The number of hydrogen-bond donors (Lipinski definition) is 1. The van der Waals surface area contributed by atoms with Gasteiger partial charge in [-0.1, -0.05) is 12.1 Å². The third-order valence-electron chi connectivity index (χ3n) is 3.98. The molecule has 0 amide bonds. The van der Waals surface area contributed by atoms with E-state index in [1.165, 1.54) is 0 Å². The second-order valence-corrected chi connectivity index (χ2v) is 6.05. The summed E-state index contributed by atoms with van der Waals surface area (Å²) in [6.45, 7) is 5.13. The summed E-state index contributed by atoms with van der Waals surface area (Å²) in [6, 6.07) is 16.1. The van der Waals surface area contributed by atoms with Gasteiger partial charge in [0.15, 0.2) is 11.5 Å². The van der Waals surface area contributed by atoms with E-state index in [2.05, 4.69) is 40.8 Å². The summed E-state index contributed by atoms with van der Waals surface area (Å²) < 4.78 is 11.3. The number of H-pyrrole nitrogens is 1. The second kappa shape index (κ2) is 7.75. The molecule has 0 saturated heterocycles. The number of nitrogens with zero attached hydrogens (tertiary/aromatic N) is 2. The third-order valence-corrected chi connectivity index (χ3v) is 3.98. The highest BCUT2D eigenvalue weighted by molar-refractivity contribution is 5.51. The lowest BCUT2D eigenvalue weighted by atomic mass is 10.2. The Labute approximate surface area is 148 Å². The Morgan fingerprint density at radius 2 is 1.76 bits per heavy atom. The lowest BCUT2D eigenvalue weighted by molar-refractivity contribution is 0.379. The minimum Gasteiger partial charge on any atom is -0.493 e. The number of para-hydroxylation sites is 2. The molecule has 0 spiro atoms. The summed E-state index contributed by atoms with van der Waals surface area (Å²) in [7, 11) is 1.64. The number of rotatable bonds is 7. The van der Waals surface area contributed by atoms with Gasteiger partial charge in [-0.05, 0) is 50.2 Å². The summed E-state index contributed by atoms with van der Waals surface area (Å²) in [5, 5.41) is 0. The third kappa shape index (κ3) is 4.12. The van der Waals surface area contributed by atoms with Crippen LogP contribution in [0, 0.1) is 0 Å². The number of benzene rings is 2. The van der Waals surface area contributed by atoms with Gasteiger partial charge in [0.25, 0.3) is 0 Å². The molecule has 2 aromatic carbocycles. The molecule has 130 valence electrons. The Morgan fingerprint density at radius 1 is 1.04 bits per heavy atom. The molecule has 0 atom stereocenters. The Hall–Kier alpha value is -2.95. The van der Waals surface area contributed by atoms with Crippen LogP contribution in [0.4, 0.5) is 5.69 Å². The SMILES string of the molecule is COc1ccccc1Oc1ccc(N(Cc2cnc[nH]2)C(C)C)cc1. The number of nitrogens with one attached hydrogen (secondary N) is 1. The van der Waals surface area contributed by atoms with E-state index < -0.39 is 0 Å². The monoisotopic (exact) mass is 337 g/mol. The van der Waals surface area contributed by atoms with Gasteiger partial charge in [0.05, 0.1) is 25.7 Å². The fraction of sp³-hybridized carbons (Fsp3) is 0.250. The molecule has 0 radical (unpaired) electrons. The maximum Gasteiger partial charge on any atom is 0.169 e. The molecule has 0 fully saturated rings. The van der Waals surface area contributed by atoms with Crippen LogP contribution >= 0.6 is 0 Å². The van der Waals surface area contributed by atoms with Crippen molar-refractivity contribution in [1.29, 1.82) is 0 Å². The van der Waals surface area contributed by atoms with Gasteiger partial charge in [0, 0.05) is 17.9 Å². The minimum atomic E-state index is 0.365. The van der Waals surface area contributed by atoms with E-state index in [-0.39, 0.29) is 0 Å². The molecule has 1 N–H and O–H groups in total. The zero-order valence-corrected chi connectivity index (χ0v) is 14.8. The molecular formula is C20H23N3O2. The van der Waals surface area contributed by atoms with Crippen molar-refractivity contribution in [3.63, 3.8) is 0 Å². The molecule has 5 heteroatoms. The number of aromatic nitrogens is 2. The predicted molar refractivity (Wildman–Crippen MR) is 99.4 cm³/mol. The summed E-state index contributed by atoms with van der Waals surface area (Å²) in [5.41, 5.74) is 2.22. The summed E-state index contributed by atoms with van der Waals surface area (Å²) in [6.07, 6.45) is 3.56. The van der Waals surface area contributed by atoms with Crippen molar-refractivity contribution in [3.05, 3.63) is 66.7 Å². The number of imidazole rings is 1. The van der Waals surface area contributed by atoms with E-state index in [0.29, 0.717) is 11.8 Å². The standard InChI is InChI=1S/C20H23N3O2/c1-15(2)23(13-16-12-21-14-22-16)17-8-10-18(11-9-17)25-20-7-5-4-6-19(20)24-3/h4-12,14-15H,13H2,1-3H3,(H,21,22). The van der Waals surface area contributed by atoms with Gasteiger partial charge in [0.1, 0.15) is 5.75 Å². The summed E-state index contributed by atoms with van der Waals surface area (Å²) >= 11 is 0. The number of hydrogen-bond acceptors (Lipinski definition) is 4. The first kappa shape index (κ1) is 16.9. The first-order valence-corrected chi connectivity index (χ1v) is 8.32. The lowest BCUT2D eigenvalue weighted by Crippen LogP contribution is -2.30. The van der Waals surface area contributed by atoms with Gasteiger partial charge >= 0.3 is 0 Å². The fourth-order valence-corrected chi connectivity index (χ4v) is 2.66. The lowest BCUT2D eigenvalue weighted by Gasteiger charge is -2.28. The Morgan fingerprint density at radius 3 is 2.36 bits per heavy atom. The second-order valence-electron chi connectivity index (χ2n) is 6.05. The molecule has 25 heavy (non-hydrogen) atoms. The minimum absolute atomic E-state index is 0.365. The molecule has 0 bridgehead atoms. The smallest absolute Gasteiger partial charge is 0.169 e. The van der Waals surface area contributed by atoms with Crippen molar-refractivity contribution in [2.45, 2.75) is 26.4 Å². The average Bonchev–Trinajstić information content (AvgIpc) is 3.14. The van der Waals surface area contributed by atoms with Crippen molar-refractivity contribution in [2.75, 3.05) is 12.0 Å². The maximum atomic E-state index is 5.94. The quantitative estimate of drug-likeness (QED) is 0.683. The molecule has 0 aliphatic carbocycles. The number of anilines is 1. The van der Waals surface area contributed by atoms with Crippen molar-refractivity contribution >= 4 is 5.69 Å². The predicted octanol–water partition coefficient (Wildman–Crippen LogP) is 4.63. The van der Waals surface area contributed by atoms with Gasteiger partial charge in [-0.25, -0.2) is 4.98 Å². The zero-order chi connectivity index (χ0) is 17.6. The average molecular weight is 337 g/mol. The number of ether oxygens (including phenoxy) is 2. The highest BCUT2D eigenvalue weighted by atomic mass is 16.5. The van der Waals surface area contributed by atoms with Gasteiger partial charge in [-0.2, -0.15) is 0 Å². The van der Waals surface area contributed by atoms with E-state index in [9.17, 15) is 0 Å². The molecule has 0 aliphatic rings. The first-order chi connectivity index (χ1) is 12.2. The Bertz CT molecular complexity index is 783. The Kier molecular flexibility index (Phi) is 5.23. The van der Waals surface area contributed by atoms with Crippen LogP contribution in [0.3, 0.4) is 0 Å². The molecule has 5 nitrogen and oxygen atoms in total. The largest absolute Gasteiger partial charge is 0.493 e. The van der Waals surface area contributed by atoms with Crippen molar-refractivity contribution in [3.8, 4) is 17.2 Å². The molecule has 1 heterocycles. The van der Waals surface area contributed by atoms with Crippen LogP contribution in [0.2, 0.25) is 0 Å². The van der Waals surface area contributed by atoms with Crippen LogP contribution < -0.4 is 14.4 Å². The van der Waals surface area contributed by atoms with Gasteiger partial charge in [-0.3, -0.25) is 0 Å². The molecule has 0 aliphatic heterocycles. The fourth-order valence-electron chi connectivity index (χ4n) is 2.66. The van der Waals surface area contributed by atoms with Crippen molar-refractivity contribution in [2.24, 2.45) is 0 Å². The van der Waals surface area contributed by atoms with Crippen molar-refractivity contribution in [1.82, 2.24) is 9.97 Å². The Balaban J connectivity index is 1.76. The number of methoxy groups -OCH3 is 1. The topological polar surface area (TPSA) is 50.4 Å². The molecule has 3 aromatic rings. The van der Waals surface area contributed by atoms with Gasteiger partial charge in [-0.15, -0.1) is 0 Å². The first-order valence-electron chi connectivity index (χ1n) is 8.32. The highest BCUT2D eigenvalue weighted by Gasteiger charge is 2.12. The van der Waals surface area contributed by atoms with Crippen LogP contribution in [0.25, 0.3) is 0 Å². The van der Waals surface area contributed by atoms with Crippen LogP contribution in [0.1, 0.15) is 19.5 Å². The molecule has 0 saturated carbocycles. The van der Waals surface area contributed by atoms with Crippen LogP contribution in [0.15, 0.2) is 61.1 Å². The summed E-state index contributed by atoms with van der Waals surface area (Å²) in [4.78, 5) is 9.55. The van der Waals surface area contributed by atoms with E-state index in [1.54, 1.807) is 13.4 Å². The van der Waals surface area contributed by atoms with Crippen LogP contribution in [0.5, 0.6) is 17.2 Å². The summed E-state index contributed by atoms with van der Waals surface area (Å²) in [5.74, 6) is 2.20. The van der Waals surface area contributed by atoms with Gasteiger partial charge < -0.3 is 19.4 Å². The number of aromatic amines is 1. The van der Waals surface area contributed by atoms with E-state index in [4.69, 9.17) is 9.47 Å². The van der Waals surface area contributed by atoms with Crippen LogP contribution in [-0.2, 0) is 6.54 Å². The molecule has 1 aromatic heterocycles. The van der Waals surface area contributed by atoms with E-state index in [0.717, 1.165) is 29.4 Å². The normalized spacial score (nSPS) is 10.7. The molecule has 0 unspecified atom stereocenters. The van der Waals surface area contributed by atoms with E-state index in [1.807, 2.05) is 42.6 Å². The maximum absolute atomic E-state index is 5.94. The molecular weight excluding hydrogens is 314 g/mol. The zero-order valence-electron chi connectivity index (χ0n) is 14.8. The van der Waals surface area contributed by atoms with Crippen LogP contribution in [-0.4, -0.2) is 23.1 Å².